The predicted octanol–water partition coefficient (Wildman–Crippen LogP) is 22.0. The largest absolute Gasteiger partial charge is 0.383 e. The van der Waals surface area contributed by atoms with E-state index in [1.165, 1.54) is 106 Å². The second kappa shape index (κ2) is 38.8. The molecule has 10 heterocycles. The quantitative estimate of drug-likeness (QED) is 0.0426. The first-order valence-electron chi connectivity index (χ1n) is 39.7. The van der Waals surface area contributed by atoms with E-state index in [1.807, 2.05) is 36.4 Å². The summed E-state index contributed by atoms with van der Waals surface area (Å²) in [6.07, 6.45) is 0. The zero-order chi connectivity index (χ0) is 96.5. The fraction of sp³-hybridized carbons (Fsp3) is 0.0556. The zero-order valence-corrected chi connectivity index (χ0v) is 74.3. The van der Waals surface area contributed by atoms with Crippen molar-refractivity contribution >= 4 is 200 Å². The van der Waals surface area contributed by atoms with E-state index >= 15 is 0 Å². The van der Waals surface area contributed by atoms with E-state index in [9.17, 15) is 48.3 Å². The van der Waals surface area contributed by atoms with Gasteiger partial charge in [0.25, 0.3) is 0 Å². The fourth-order valence-electron chi connectivity index (χ4n) is 13.7. The Morgan fingerprint density at radius 2 is 0.522 bits per heavy atom. The van der Waals surface area contributed by atoms with Crippen molar-refractivity contribution in [3.63, 3.8) is 0 Å². The first-order valence-corrected chi connectivity index (χ1v) is 41.6. The summed E-state index contributed by atoms with van der Waals surface area (Å²) in [4.78, 5) is 63.3. The molecule has 10 aromatic heterocycles. The van der Waals surface area contributed by atoms with Gasteiger partial charge < -0.3 is 55.3 Å². The highest BCUT2D eigenvalue weighted by Gasteiger charge is 2.26. The van der Waals surface area contributed by atoms with Gasteiger partial charge in [0.2, 0.25) is 53.0 Å². The Bertz CT molecular complexity index is 8050. The maximum atomic E-state index is 14.5. The van der Waals surface area contributed by atoms with Crippen LogP contribution in [0.4, 0.5) is 135 Å². The van der Waals surface area contributed by atoms with Crippen LogP contribution in [0.15, 0.2) is 206 Å². The maximum Gasteiger partial charge on any atom is 0.239 e. The predicted molar refractivity (Wildman–Crippen MR) is 502 cm³/mol. The van der Waals surface area contributed by atoms with Crippen molar-refractivity contribution in [2.45, 2.75) is 34.6 Å². The lowest BCUT2D eigenvalue weighted by Crippen LogP contribution is -2.11. The molecule has 0 aliphatic rings. The summed E-state index contributed by atoms with van der Waals surface area (Å²) in [6, 6.07) is 51.3. The summed E-state index contributed by atoms with van der Waals surface area (Å²) < 4.78 is 161. The van der Waals surface area contributed by atoms with E-state index in [0.29, 0.717) is 101 Å². The zero-order valence-electron chi connectivity index (χ0n) is 70.5. The van der Waals surface area contributed by atoms with Gasteiger partial charge in [0.15, 0.2) is 46.5 Å². The molecule has 20 rings (SSSR count). The van der Waals surface area contributed by atoms with Crippen LogP contribution in [0, 0.1) is 98.6 Å². The molecule has 0 saturated carbocycles. The Balaban J connectivity index is 0.000000123. The van der Waals surface area contributed by atoms with Gasteiger partial charge in [-0.15, -0.1) is 0 Å². The van der Waals surface area contributed by atoms with Crippen LogP contribution in [0.25, 0.3) is 84.9 Å². The number of para-hydroxylation sites is 2. The van der Waals surface area contributed by atoms with Gasteiger partial charge in [0.1, 0.15) is 81.5 Å². The smallest absolute Gasteiger partial charge is 0.239 e. The number of nitrogens with one attached hydrogen (secondary N) is 5. The number of nitrogens with zero attached hydrogens (tertiary/aromatic N) is 20. The van der Waals surface area contributed by atoms with E-state index < -0.39 is 69.8 Å². The Labute approximate surface area is 785 Å². The number of fused-ring (bicyclic) bond motifs is 5. The maximum absolute atomic E-state index is 14.5. The molecule has 0 saturated heterocycles. The first kappa shape index (κ1) is 92.9. The summed E-state index contributed by atoms with van der Waals surface area (Å²) in [5, 5.41) is 15.1. The molecule has 46 heteroatoms. The molecular formula is C90H64Cl5F11N30. The first-order chi connectivity index (χ1) is 65.0. The van der Waals surface area contributed by atoms with Crippen molar-refractivity contribution in [1.29, 1.82) is 0 Å². The van der Waals surface area contributed by atoms with E-state index in [-0.39, 0.29) is 102 Å². The molecule has 0 radical (unpaired) electrons. The second-order valence-electron chi connectivity index (χ2n) is 29.3. The molecule has 0 spiro atoms. The summed E-state index contributed by atoms with van der Waals surface area (Å²) in [5.41, 5.74) is 36.5. The van der Waals surface area contributed by atoms with Gasteiger partial charge in [0, 0.05) is 68.8 Å². The third kappa shape index (κ3) is 20.2. The number of aryl methyl sites for hydroxylation is 5. The number of nitrogens with two attached hydrogens (primary N) is 5. The summed E-state index contributed by atoms with van der Waals surface area (Å²) in [5.74, 6) is -5.34. The van der Waals surface area contributed by atoms with E-state index in [2.05, 4.69) is 101 Å². The number of rotatable bonds is 15. The average Bonchev–Trinajstić information content (AvgIpc) is 1.61. The molecule has 30 nitrogen and oxygen atoms in total. The highest BCUT2D eigenvalue weighted by Crippen LogP contribution is 2.36. The highest BCUT2D eigenvalue weighted by atomic mass is 35.5. The summed E-state index contributed by atoms with van der Waals surface area (Å²) in [6.45, 7) is 8.64. The molecule has 0 amide bonds. The van der Waals surface area contributed by atoms with E-state index in [0.717, 1.165) is 34.9 Å². The average molecular weight is 1950 g/mol. The molecule has 686 valence electrons. The Hall–Kier alpha value is -16.4. The van der Waals surface area contributed by atoms with Crippen molar-refractivity contribution in [3.05, 3.63) is 324 Å². The molecule has 10 aromatic carbocycles. The minimum Gasteiger partial charge on any atom is -0.383 e. The van der Waals surface area contributed by atoms with Crippen molar-refractivity contribution in [1.82, 2.24) is 97.6 Å². The van der Waals surface area contributed by atoms with Crippen LogP contribution in [-0.2, 0) is 0 Å². The number of anilines is 15. The second-order valence-corrected chi connectivity index (χ2v) is 31.4. The number of benzene rings is 10. The molecule has 0 aliphatic carbocycles. The van der Waals surface area contributed by atoms with Gasteiger partial charge in [-0.2, -0.15) is 67.4 Å². The lowest BCUT2D eigenvalue weighted by molar-refractivity contribution is 0.621. The van der Waals surface area contributed by atoms with Crippen LogP contribution in [0.3, 0.4) is 0 Å². The van der Waals surface area contributed by atoms with Crippen LogP contribution >= 0.6 is 58.0 Å². The Morgan fingerprint density at radius 1 is 0.243 bits per heavy atom. The summed E-state index contributed by atoms with van der Waals surface area (Å²) >= 11 is 28.8. The summed E-state index contributed by atoms with van der Waals surface area (Å²) in [7, 11) is 0. The standard InChI is InChI=1S/2C18H12ClF3N6.2C18H13ClF2N6.C18H14ClFN6/c1-8-24-13-6-9(20)2-5-14(13)28(8)18-26-16(23)15(22)17(27-18)25-10-3-4-11(19)12(21)7-10;1-8-24-13-5-2-9(20)6-14(13)28(8)18-26-16(23)15(22)17(27-18)25-10-3-4-11(19)12(21)7-10;1-9-23-13-8-11(20)4-7-14(13)27(9)18-25-16(22)15(21)17(26-18)24-12-5-2-10(19)3-6-12;1-9-23-13-4-2-3-5-14(13)27(9)18-25-16(22)15(21)17(26-18)24-10-6-7-11(19)12(20)8-10;1-10-22-14-7-4-12(20)8-15(14)26(10)18-24-16(21)9-17(25-18)23-13-5-2-11(19)3-6-13/h2*2-7H,1H3,(H3,23,25,26,27);2*2-8H,1H3,(H3,22,24,25,26);2-9H,1H3,(H3,21,23,24,25). The van der Waals surface area contributed by atoms with Gasteiger partial charge in [-0.3, -0.25) is 22.8 Å². The van der Waals surface area contributed by atoms with E-state index in [4.69, 9.17) is 86.7 Å². The van der Waals surface area contributed by atoms with Crippen LogP contribution in [0.5, 0.6) is 0 Å². The molecule has 0 unspecified atom stereocenters. The van der Waals surface area contributed by atoms with Crippen LogP contribution in [0.1, 0.15) is 29.1 Å². The normalized spacial score (nSPS) is 11.1. The van der Waals surface area contributed by atoms with E-state index in [1.54, 1.807) is 103 Å². The third-order valence-electron chi connectivity index (χ3n) is 19.8. The van der Waals surface area contributed by atoms with Gasteiger partial charge in [-0.05, 0) is 198 Å². The molecule has 0 bridgehead atoms. The molecule has 0 fully saturated rings. The molecule has 20 aromatic rings. The topological polar surface area (TPSA) is 408 Å². The minimum absolute atomic E-state index is 0.0126. The van der Waals surface area contributed by atoms with Gasteiger partial charge >= 0.3 is 0 Å². The number of aromatic nitrogens is 20. The lowest BCUT2D eigenvalue weighted by Gasteiger charge is -2.12. The molecule has 0 atom stereocenters. The minimum atomic E-state index is -0.910. The number of hydrogen-bond acceptors (Lipinski definition) is 25. The monoisotopic (exact) mass is 1950 g/mol. The van der Waals surface area contributed by atoms with Crippen molar-refractivity contribution in [2.75, 3.05) is 55.3 Å². The van der Waals surface area contributed by atoms with Crippen LogP contribution in [0.2, 0.25) is 25.1 Å². The third-order valence-corrected chi connectivity index (χ3v) is 21.3. The van der Waals surface area contributed by atoms with Crippen molar-refractivity contribution in [3.8, 4) is 29.7 Å². The van der Waals surface area contributed by atoms with Gasteiger partial charge in [-0.1, -0.05) is 70.1 Å². The molecule has 15 N–H and O–H groups in total. The fourth-order valence-corrected chi connectivity index (χ4v) is 14.3. The number of halogens is 16. The number of imidazole rings is 5. The Morgan fingerprint density at radius 3 is 0.875 bits per heavy atom. The molecule has 136 heavy (non-hydrogen) atoms. The SMILES string of the molecule is Cc1nc2cc(F)ccc2n1-c1nc(N)c(F)c(Nc2ccc(Cl)c(F)c2)n1.Cc1nc2cc(F)ccc2n1-c1nc(N)c(F)c(Nc2ccc(Cl)cc2)n1.Cc1nc2ccc(F)cc2n1-c1nc(N)c(F)c(Nc2ccc(Cl)c(F)c2)n1.Cc1nc2ccc(F)cc2n1-c1nc(N)cc(Nc2ccc(Cl)cc2)n1.Cc1nc2ccccc2n1-c1nc(N)c(F)c(Nc2ccc(Cl)c(F)c2)n1. The molecular weight excluding hydrogens is 1890 g/mol. The van der Waals surface area contributed by atoms with Crippen molar-refractivity contribution in [2.24, 2.45) is 0 Å². The highest BCUT2D eigenvalue weighted by molar-refractivity contribution is 6.32. The van der Waals surface area contributed by atoms with Crippen molar-refractivity contribution < 1.29 is 48.3 Å². The van der Waals surface area contributed by atoms with Crippen LogP contribution in [-0.4, -0.2) is 97.6 Å². The number of nitrogen functional groups attached to an aromatic ring is 5. The Kier molecular flexibility index (Phi) is 26.5. The lowest BCUT2D eigenvalue weighted by atomic mass is 10.3. The van der Waals surface area contributed by atoms with Gasteiger partial charge in [-0.25, -0.2) is 55.7 Å². The number of hydrogen-bond donors (Lipinski definition) is 10. The molecule has 0 aliphatic heterocycles. The van der Waals surface area contributed by atoms with Gasteiger partial charge in [0.05, 0.1) is 70.2 Å². The van der Waals surface area contributed by atoms with Crippen LogP contribution < -0.4 is 55.3 Å².